The van der Waals surface area contributed by atoms with Crippen molar-refractivity contribution in [3.05, 3.63) is 51.7 Å². The second-order valence-corrected chi connectivity index (χ2v) is 7.99. The number of fused-ring (bicyclic) bond motifs is 2. The number of hydrogen-bond acceptors (Lipinski definition) is 7. The first-order valence-electron chi connectivity index (χ1n) is 10.2. The van der Waals surface area contributed by atoms with E-state index in [9.17, 15) is 4.79 Å². The number of piperidine rings is 1. The van der Waals surface area contributed by atoms with Gasteiger partial charge in [-0.1, -0.05) is 6.07 Å². The van der Waals surface area contributed by atoms with Gasteiger partial charge >= 0.3 is 0 Å². The molecule has 0 bridgehead atoms. The Bertz CT molecular complexity index is 1310. The quantitative estimate of drug-likeness (QED) is 0.533. The summed E-state index contributed by atoms with van der Waals surface area (Å²) in [6, 6.07) is 5.98. The van der Waals surface area contributed by atoms with Gasteiger partial charge in [0.25, 0.3) is 5.56 Å². The van der Waals surface area contributed by atoms with Crippen LogP contribution in [0.15, 0.2) is 29.2 Å². The number of nitrogens with one attached hydrogen (secondary N) is 1. The van der Waals surface area contributed by atoms with Crippen LogP contribution in [0.2, 0.25) is 0 Å². The minimum absolute atomic E-state index is 0.130. The molecule has 4 aromatic rings. The number of aromatic amines is 1. The Kier molecular flexibility index (Phi) is 4.47. The first-order valence-corrected chi connectivity index (χ1v) is 10.2. The van der Waals surface area contributed by atoms with Crippen molar-refractivity contribution >= 4 is 28.0 Å². The van der Waals surface area contributed by atoms with Crippen molar-refractivity contribution in [2.75, 3.05) is 18.0 Å². The number of anilines is 1. The predicted octanol–water partition coefficient (Wildman–Crippen LogP) is 1.66. The Balaban J connectivity index is 1.47. The number of nitrogens with two attached hydrogens (primary N) is 1. The standard InChI is InChI=1S/C21H24N8O/c1-12-13(2)25-17-8-14(5-6-16(17)24-12)10-29-20(30)19-18(9-23-29)26-21(27-19)28-7-3-4-15(22)11-28/h5-6,8-9,15H,3-4,7,10-11,22H2,1-2H3,(H,26,27)/t15-/m1/s1. The molecule has 5 rings (SSSR count). The Morgan fingerprint density at radius 2 is 1.93 bits per heavy atom. The summed E-state index contributed by atoms with van der Waals surface area (Å²) in [5.74, 6) is 0.684. The van der Waals surface area contributed by atoms with Crippen LogP contribution in [0.25, 0.3) is 22.1 Å². The van der Waals surface area contributed by atoms with Crippen LogP contribution >= 0.6 is 0 Å². The fraction of sp³-hybridized carbons (Fsp3) is 0.381. The molecule has 30 heavy (non-hydrogen) atoms. The second kappa shape index (κ2) is 7.17. The van der Waals surface area contributed by atoms with Crippen molar-refractivity contribution in [1.82, 2.24) is 29.7 Å². The molecule has 0 amide bonds. The average Bonchev–Trinajstić information content (AvgIpc) is 3.16. The molecule has 1 atom stereocenters. The topological polar surface area (TPSA) is 119 Å². The molecule has 1 aromatic carbocycles. The highest BCUT2D eigenvalue weighted by Crippen LogP contribution is 2.19. The van der Waals surface area contributed by atoms with E-state index in [1.54, 1.807) is 6.20 Å². The van der Waals surface area contributed by atoms with Crippen LogP contribution in [0.4, 0.5) is 5.95 Å². The molecule has 1 aliphatic heterocycles. The maximum Gasteiger partial charge on any atom is 0.293 e. The van der Waals surface area contributed by atoms with Gasteiger partial charge < -0.3 is 15.6 Å². The van der Waals surface area contributed by atoms with Crippen molar-refractivity contribution in [1.29, 1.82) is 0 Å². The largest absolute Gasteiger partial charge is 0.341 e. The fourth-order valence-electron chi connectivity index (χ4n) is 3.95. The van der Waals surface area contributed by atoms with Crippen LogP contribution in [0.3, 0.4) is 0 Å². The monoisotopic (exact) mass is 404 g/mol. The Morgan fingerprint density at radius 1 is 1.13 bits per heavy atom. The predicted molar refractivity (Wildman–Crippen MR) is 116 cm³/mol. The van der Waals surface area contributed by atoms with Gasteiger partial charge in [-0.2, -0.15) is 5.10 Å². The van der Waals surface area contributed by atoms with Crippen LogP contribution < -0.4 is 16.2 Å². The molecular formula is C21H24N8O. The highest BCUT2D eigenvalue weighted by molar-refractivity contribution is 5.76. The molecule has 1 aliphatic rings. The van der Waals surface area contributed by atoms with Crippen molar-refractivity contribution in [2.45, 2.75) is 39.3 Å². The molecular weight excluding hydrogens is 380 g/mol. The van der Waals surface area contributed by atoms with E-state index in [0.29, 0.717) is 23.5 Å². The van der Waals surface area contributed by atoms with Crippen LogP contribution in [0, 0.1) is 13.8 Å². The second-order valence-electron chi connectivity index (χ2n) is 7.99. The number of rotatable bonds is 3. The molecule has 0 aliphatic carbocycles. The lowest BCUT2D eigenvalue weighted by Gasteiger charge is -2.30. The van der Waals surface area contributed by atoms with Crippen LogP contribution in [0.1, 0.15) is 29.8 Å². The summed E-state index contributed by atoms with van der Waals surface area (Å²) in [4.78, 5) is 32.0. The average molecular weight is 404 g/mol. The first kappa shape index (κ1) is 18.7. The van der Waals surface area contributed by atoms with E-state index in [1.807, 2.05) is 32.0 Å². The van der Waals surface area contributed by atoms with Gasteiger partial charge in [-0.3, -0.25) is 4.79 Å². The van der Waals surface area contributed by atoms with Crippen molar-refractivity contribution in [3.8, 4) is 0 Å². The van der Waals surface area contributed by atoms with Crippen LogP contribution in [-0.2, 0) is 6.54 Å². The number of benzene rings is 1. The zero-order valence-corrected chi connectivity index (χ0v) is 17.1. The minimum Gasteiger partial charge on any atom is -0.341 e. The SMILES string of the molecule is Cc1nc2ccc(Cn3ncc4nc(N5CCC[C@@H](N)C5)[nH]c4c3=O)cc2nc1C. The normalized spacial score (nSPS) is 17.2. The van der Waals surface area contributed by atoms with E-state index >= 15 is 0 Å². The number of aryl methyl sites for hydroxylation is 2. The molecule has 0 radical (unpaired) electrons. The smallest absolute Gasteiger partial charge is 0.293 e. The molecule has 0 saturated carbocycles. The summed E-state index contributed by atoms with van der Waals surface area (Å²) in [7, 11) is 0. The molecule has 154 valence electrons. The van der Waals surface area contributed by atoms with Gasteiger partial charge in [-0.15, -0.1) is 0 Å². The van der Waals surface area contributed by atoms with E-state index in [2.05, 4.69) is 29.9 Å². The number of aromatic nitrogens is 6. The van der Waals surface area contributed by atoms with Gasteiger partial charge in [-0.25, -0.2) is 19.6 Å². The number of imidazole rings is 1. The van der Waals surface area contributed by atoms with Gasteiger partial charge in [0.1, 0.15) is 11.0 Å². The Hall–Kier alpha value is -3.33. The third kappa shape index (κ3) is 3.30. The number of nitrogens with zero attached hydrogens (tertiary/aromatic N) is 6. The maximum atomic E-state index is 13.0. The Morgan fingerprint density at radius 3 is 2.73 bits per heavy atom. The molecule has 9 heteroatoms. The van der Waals surface area contributed by atoms with Crippen molar-refractivity contribution in [3.63, 3.8) is 0 Å². The van der Waals surface area contributed by atoms with Crippen molar-refractivity contribution < 1.29 is 0 Å². The molecule has 3 N–H and O–H groups in total. The first-order chi connectivity index (χ1) is 14.5. The van der Waals surface area contributed by atoms with E-state index in [1.165, 1.54) is 4.68 Å². The molecule has 0 unspecified atom stereocenters. The lowest BCUT2D eigenvalue weighted by atomic mass is 10.1. The molecule has 9 nitrogen and oxygen atoms in total. The van der Waals surface area contributed by atoms with Crippen LogP contribution in [-0.4, -0.2) is 48.8 Å². The van der Waals surface area contributed by atoms with Gasteiger partial charge in [0.15, 0.2) is 0 Å². The molecule has 3 aromatic heterocycles. The van der Waals surface area contributed by atoms with Crippen molar-refractivity contribution in [2.24, 2.45) is 5.73 Å². The number of H-pyrrole nitrogens is 1. The summed E-state index contributed by atoms with van der Waals surface area (Å²) in [6.45, 7) is 5.86. The molecule has 0 spiro atoms. The van der Waals surface area contributed by atoms with E-state index in [-0.39, 0.29) is 11.6 Å². The lowest BCUT2D eigenvalue weighted by Crippen LogP contribution is -2.43. The van der Waals surface area contributed by atoms with E-state index in [4.69, 9.17) is 5.73 Å². The minimum atomic E-state index is -0.196. The summed E-state index contributed by atoms with van der Waals surface area (Å²) in [6.07, 6.45) is 3.67. The van der Waals surface area contributed by atoms with Gasteiger partial charge in [-0.05, 0) is 44.4 Å². The fourth-order valence-corrected chi connectivity index (χ4v) is 3.95. The summed E-state index contributed by atoms with van der Waals surface area (Å²) >= 11 is 0. The lowest BCUT2D eigenvalue weighted by molar-refractivity contribution is 0.501. The summed E-state index contributed by atoms with van der Waals surface area (Å²) in [5.41, 5.74) is 11.3. The van der Waals surface area contributed by atoms with E-state index < -0.39 is 0 Å². The zero-order chi connectivity index (χ0) is 20.8. The summed E-state index contributed by atoms with van der Waals surface area (Å²) in [5, 5.41) is 4.33. The molecule has 1 fully saturated rings. The Labute approximate surface area is 173 Å². The zero-order valence-electron chi connectivity index (χ0n) is 17.1. The highest BCUT2D eigenvalue weighted by Gasteiger charge is 2.20. The van der Waals surface area contributed by atoms with Gasteiger partial charge in [0.05, 0.1) is 35.2 Å². The van der Waals surface area contributed by atoms with E-state index in [0.717, 1.165) is 53.9 Å². The molecule has 4 heterocycles. The van der Waals surface area contributed by atoms with Gasteiger partial charge in [0, 0.05) is 19.1 Å². The maximum absolute atomic E-state index is 13.0. The summed E-state index contributed by atoms with van der Waals surface area (Å²) < 4.78 is 1.45. The third-order valence-corrected chi connectivity index (χ3v) is 5.72. The molecule has 1 saturated heterocycles. The van der Waals surface area contributed by atoms with Gasteiger partial charge in [0.2, 0.25) is 5.95 Å². The highest BCUT2D eigenvalue weighted by atomic mass is 16.1. The third-order valence-electron chi connectivity index (χ3n) is 5.72. The number of hydrogen-bond donors (Lipinski definition) is 2. The van der Waals surface area contributed by atoms with Crippen LogP contribution in [0.5, 0.6) is 0 Å².